The molecule has 1 aliphatic heterocycles. The Hall–Kier alpha value is -4.41. The highest BCUT2D eigenvalue weighted by Gasteiger charge is 2.38. The molecule has 9 nitrogen and oxygen atoms in total. The average Bonchev–Trinajstić information content (AvgIpc) is 3.53. The number of hydrazone groups is 1. The molecule has 272 valence electrons. The van der Waals surface area contributed by atoms with Gasteiger partial charge in [0, 0.05) is 56.2 Å². The quantitative estimate of drug-likeness (QED) is 0.0632. The van der Waals surface area contributed by atoms with E-state index in [1.807, 2.05) is 0 Å². The van der Waals surface area contributed by atoms with Gasteiger partial charge in [0.1, 0.15) is 5.82 Å². The molecule has 0 radical (unpaired) electrons. The molecule has 50 heavy (non-hydrogen) atoms. The molecule has 0 unspecified atom stereocenters. The first-order valence-electron chi connectivity index (χ1n) is 16.1. The van der Waals surface area contributed by atoms with Crippen molar-refractivity contribution in [2.45, 2.75) is 76.4 Å². The summed E-state index contributed by atoms with van der Waals surface area (Å²) in [5.74, 6) is 3.17. The fourth-order valence-corrected chi connectivity index (χ4v) is 7.18. The number of nitrogens with zero attached hydrogens (tertiary/aromatic N) is 4. The number of carboxylic acids is 1. The Kier molecular flexibility index (Phi) is 10.9. The summed E-state index contributed by atoms with van der Waals surface area (Å²) in [5.41, 5.74) is 2.10. The molecule has 3 aromatic rings. The zero-order chi connectivity index (χ0) is 36.4. The highest BCUT2D eigenvalue weighted by atomic mass is 19.4. The van der Waals surface area contributed by atoms with Crippen molar-refractivity contribution in [2.24, 2.45) is 22.8 Å². The van der Waals surface area contributed by atoms with E-state index in [1.165, 1.54) is 11.9 Å². The lowest BCUT2D eigenvalue weighted by atomic mass is 9.76. The molecular formula is C33H37F8N7O2. The number of hydrazine groups is 1. The van der Waals surface area contributed by atoms with Crippen molar-refractivity contribution in [1.82, 2.24) is 20.7 Å². The Morgan fingerprint density at radius 3 is 2.18 bits per heavy atom. The summed E-state index contributed by atoms with van der Waals surface area (Å²) in [4.78, 5) is 19.4. The van der Waals surface area contributed by atoms with E-state index in [1.54, 1.807) is 6.07 Å². The number of anilines is 1. The van der Waals surface area contributed by atoms with Gasteiger partial charge in [0.15, 0.2) is 11.6 Å². The van der Waals surface area contributed by atoms with Crippen LogP contribution < -0.4 is 21.6 Å². The van der Waals surface area contributed by atoms with Crippen molar-refractivity contribution >= 4 is 28.6 Å². The lowest BCUT2D eigenvalue weighted by Crippen LogP contribution is -2.45. The number of alkyl halides is 6. The Morgan fingerprint density at radius 2 is 1.60 bits per heavy atom. The predicted molar refractivity (Wildman–Crippen MR) is 169 cm³/mol. The number of guanidine groups is 1. The van der Waals surface area contributed by atoms with Gasteiger partial charge in [-0.2, -0.15) is 26.3 Å². The van der Waals surface area contributed by atoms with Crippen LogP contribution in [0.2, 0.25) is 0 Å². The molecule has 1 aliphatic carbocycles. The number of hydrogen-bond donors (Lipinski definition) is 4. The van der Waals surface area contributed by atoms with Crippen LogP contribution in [0, 0.1) is 23.5 Å². The van der Waals surface area contributed by atoms with E-state index >= 15 is 0 Å². The number of hydrogen-bond acceptors (Lipinski definition) is 6. The van der Waals surface area contributed by atoms with Crippen LogP contribution in [0.1, 0.15) is 67.2 Å². The van der Waals surface area contributed by atoms with Gasteiger partial charge >= 0.3 is 18.3 Å². The van der Waals surface area contributed by atoms with Gasteiger partial charge in [0.2, 0.25) is 5.96 Å². The summed E-state index contributed by atoms with van der Waals surface area (Å²) in [6.07, 6.45) is -5.44. The summed E-state index contributed by atoms with van der Waals surface area (Å²) >= 11 is 0. The highest BCUT2D eigenvalue weighted by molar-refractivity contribution is 5.83. The number of nitrogens with one attached hydrogen (secondary N) is 2. The third-order valence-corrected chi connectivity index (χ3v) is 9.41. The van der Waals surface area contributed by atoms with E-state index in [4.69, 9.17) is 10.8 Å². The summed E-state index contributed by atoms with van der Waals surface area (Å²) in [6.45, 7) is -0.192. The van der Waals surface area contributed by atoms with Crippen molar-refractivity contribution in [2.75, 3.05) is 18.5 Å². The molecule has 1 atom stereocenters. The van der Waals surface area contributed by atoms with Crippen molar-refractivity contribution < 1.29 is 45.0 Å². The number of pyridine rings is 1. The van der Waals surface area contributed by atoms with E-state index in [0.29, 0.717) is 30.1 Å². The van der Waals surface area contributed by atoms with Crippen LogP contribution in [-0.4, -0.2) is 46.6 Å². The molecule has 1 saturated heterocycles. The van der Waals surface area contributed by atoms with Crippen LogP contribution >= 0.6 is 0 Å². The molecule has 17 heteroatoms. The normalized spacial score (nSPS) is 20.3. The van der Waals surface area contributed by atoms with Crippen LogP contribution in [0.5, 0.6) is 0 Å². The van der Waals surface area contributed by atoms with Gasteiger partial charge in [0.05, 0.1) is 16.6 Å². The molecule has 2 heterocycles. The first kappa shape index (κ1) is 36.9. The van der Waals surface area contributed by atoms with E-state index in [-0.39, 0.29) is 59.3 Å². The Labute approximate surface area is 282 Å². The first-order valence-corrected chi connectivity index (χ1v) is 16.1. The minimum atomic E-state index is -5.07. The standard InChI is InChI=1S/C33H37F8N7O2/c1-43-46-31(45-42)47(16-19-9-23(32(36,37)38)14-24(10-19)33(39,40)41)17-22-12-21-13-25(34)26(35)15-27(21)44-30(22)48-8-2-3-28(48)20-6-4-18(5-7-20)11-29(49)50/h9-10,12-15,18,20,28,43H,2-8,11,16-17,42H2,1H3,(H,45,46)(H,49,50)/t18-,20-,28-/m1/s1. The van der Waals surface area contributed by atoms with Gasteiger partial charge in [-0.15, -0.1) is 5.10 Å². The number of aliphatic carboxylic acids is 1. The van der Waals surface area contributed by atoms with E-state index in [9.17, 15) is 45.0 Å². The topological polar surface area (TPSA) is 119 Å². The lowest BCUT2D eigenvalue weighted by Gasteiger charge is -2.38. The first-order chi connectivity index (χ1) is 23.6. The van der Waals surface area contributed by atoms with Gasteiger partial charge in [0.25, 0.3) is 0 Å². The van der Waals surface area contributed by atoms with Gasteiger partial charge in [-0.1, -0.05) is 0 Å². The number of carboxylic acid groups (broad SMARTS) is 1. The third-order valence-electron chi connectivity index (χ3n) is 9.41. The molecule has 2 aromatic carbocycles. The van der Waals surface area contributed by atoms with Crippen molar-refractivity contribution in [3.8, 4) is 0 Å². The maximum Gasteiger partial charge on any atom is 0.416 e. The molecular weight excluding hydrogens is 678 g/mol. The number of aromatic nitrogens is 1. The van der Waals surface area contributed by atoms with Gasteiger partial charge < -0.3 is 20.3 Å². The van der Waals surface area contributed by atoms with Gasteiger partial charge in [-0.3, -0.25) is 10.2 Å². The zero-order valence-corrected chi connectivity index (χ0v) is 27.0. The second-order valence-corrected chi connectivity index (χ2v) is 12.8. The number of fused-ring (bicyclic) bond motifs is 1. The molecule has 0 bridgehead atoms. The van der Waals surface area contributed by atoms with Crippen molar-refractivity contribution in [3.05, 3.63) is 70.3 Å². The van der Waals surface area contributed by atoms with Crippen molar-refractivity contribution in [3.63, 3.8) is 0 Å². The van der Waals surface area contributed by atoms with E-state index in [0.717, 1.165) is 50.7 Å². The molecule has 0 spiro atoms. The van der Waals surface area contributed by atoms with Crippen LogP contribution in [0.3, 0.4) is 0 Å². The minimum absolute atomic E-state index is 0.0286. The molecule has 1 aromatic heterocycles. The molecule has 2 aliphatic rings. The number of halogens is 8. The Balaban J connectivity index is 1.57. The second-order valence-electron chi connectivity index (χ2n) is 12.8. The molecule has 5 rings (SSSR count). The summed E-state index contributed by atoms with van der Waals surface area (Å²) in [5, 5.41) is 13.5. The molecule has 0 amide bonds. The summed E-state index contributed by atoms with van der Waals surface area (Å²) in [7, 11) is 1.42. The summed E-state index contributed by atoms with van der Waals surface area (Å²) in [6, 6.07) is 4.74. The molecule has 2 fully saturated rings. The van der Waals surface area contributed by atoms with E-state index < -0.39 is 47.6 Å². The Bertz CT molecular complexity index is 1690. The number of rotatable bonds is 9. The average molecular weight is 716 g/mol. The predicted octanol–water partition coefficient (Wildman–Crippen LogP) is 6.76. The number of nitrogens with two attached hydrogens (primary N) is 1. The van der Waals surface area contributed by atoms with Crippen LogP contribution in [0.25, 0.3) is 10.9 Å². The third kappa shape index (κ3) is 8.47. The highest BCUT2D eigenvalue weighted by Crippen LogP contribution is 2.41. The maximum atomic E-state index is 14.4. The lowest BCUT2D eigenvalue weighted by molar-refractivity contribution is -0.143. The van der Waals surface area contributed by atoms with Crippen LogP contribution in [-0.2, 0) is 30.2 Å². The van der Waals surface area contributed by atoms with Crippen LogP contribution in [0.4, 0.5) is 40.9 Å². The zero-order valence-electron chi connectivity index (χ0n) is 27.0. The van der Waals surface area contributed by atoms with Crippen molar-refractivity contribution in [1.29, 1.82) is 0 Å². The SMILES string of the molecule is CN/N=C(\NN)N(Cc1cc(C(F)(F)F)cc(C(F)(F)F)c1)Cc1cc2cc(F)c(F)cc2nc1N1CCC[C@@H]1[C@H]1CC[C@H](CC(=O)O)CC1. The maximum absolute atomic E-state index is 14.4. The van der Waals surface area contributed by atoms with Crippen LogP contribution in [0.15, 0.2) is 41.5 Å². The fraction of sp³-hybridized carbons (Fsp3) is 0.485. The Morgan fingerprint density at radius 1 is 0.960 bits per heavy atom. The monoisotopic (exact) mass is 715 g/mol. The molecule has 5 N–H and O–H groups in total. The minimum Gasteiger partial charge on any atom is -0.481 e. The van der Waals surface area contributed by atoms with Gasteiger partial charge in [-0.05, 0) is 86.3 Å². The van der Waals surface area contributed by atoms with E-state index in [2.05, 4.69) is 20.9 Å². The molecule has 1 saturated carbocycles. The number of carbonyl (C=O) groups is 1. The second kappa shape index (κ2) is 14.8. The largest absolute Gasteiger partial charge is 0.481 e. The summed E-state index contributed by atoms with van der Waals surface area (Å²) < 4.78 is 111. The number of benzene rings is 2. The fourth-order valence-electron chi connectivity index (χ4n) is 7.18. The van der Waals surface area contributed by atoms with Gasteiger partial charge in [-0.25, -0.2) is 19.6 Å². The smallest absolute Gasteiger partial charge is 0.416 e.